The zero-order valence-electron chi connectivity index (χ0n) is 8.40. The van der Waals surface area contributed by atoms with Crippen molar-refractivity contribution < 1.29 is 22.8 Å². The molecular formula is C10H7F3N2O2. The summed E-state index contributed by atoms with van der Waals surface area (Å²) in [5, 5.41) is 12.2. The van der Waals surface area contributed by atoms with Gasteiger partial charge >= 0.3 is 6.18 Å². The molecule has 17 heavy (non-hydrogen) atoms. The molecule has 2 aromatic rings. The molecule has 1 aromatic heterocycles. The van der Waals surface area contributed by atoms with E-state index in [2.05, 4.69) is 14.7 Å². The highest BCUT2D eigenvalue weighted by Gasteiger charge is 2.30. The third-order valence-electron chi connectivity index (χ3n) is 2.05. The van der Waals surface area contributed by atoms with Gasteiger partial charge in [0.2, 0.25) is 5.82 Å². The highest BCUT2D eigenvalue weighted by molar-refractivity contribution is 5.55. The number of aliphatic hydroxyl groups is 1. The standard InChI is InChI=1S/C10H7F3N2O2/c11-10(12,13)7-3-1-2-6(4-7)9-14-8(5-16)17-15-9/h1-4,16H,5H2. The van der Waals surface area contributed by atoms with Gasteiger partial charge in [0.1, 0.15) is 6.61 Å². The molecule has 0 saturated carbocycles. The lowest BCUT2D eigenvalue weighted by Gasteiger charge is -2.06. The Morgan fingerprint density at radius 1 is 1.29 bits per heavy atom. The predicted octanol–water partition coefficient (Wildman–Crippen LogP) is 2.25. The summed E-state index contributed by atoms with van der Waals surface area (Å²) >= 11 is 0. The molecular weight excluding hydrogens is 237 g/mol. The summed E-state index contributed by atoms with van der Waals surface area (Å²) in [7, 11) is 0. The van der Waals surface area contributed by atoms with Crippen molar-refractivity contribution in [2.45, 2.75) is 12.8 Å². The molecule has 0 bridgehead atoms. The average molecular weight is 244 g/mol. The second-order valence-electron chi connectivity index (χ2n) is 3.25. The van der Waals surface area contributed by atoms with Crippen molar-refractivity contribution in [2.24, 2.45) is 0 Å². The van der Waals surface area contributed by atoms with Gasteiger partial charge in [0.15, 0.2) is 0 Å². The summed E-state index contributed by atoms with van der Waals surface area (Å²) < 4.78 is 42.0. The van der Waals surface area contributed by atoms with Crippen LogP contribution in [-0.2, 0) is 12.8 Å². The maximum absolute atomic E-state index is 12.5. The largest absolute Gasteiger partial charge is 0.416 e. The Balaban J connectivity index is 2.39. The van der Waals surface area contributed by atoms with Crippen molar-refractivity contribution in [3.8, 4) is 11.4 Å². The lowest BCUT2D eigenvalue weighted by Crippen LogP contribution is -2.04. The van der Waals surface area contributed by atoms with Crippen LogP contribution in [-0.4, -0.2) is 15.2 Å². The van der Waals surface area contributed by atoms with E-state index in [1.165, 1.54) is 12.1 Å². The average Bonchev–Trinajstić information content (AvgIpc) is 2.76. The van der Waals surface area contributed by atoms with Gasteiger partial charge in [0, 0.05) is 5.56 Å². The predicted molar refractivity (Wildman–Crippen MR) is 50.7 cm³/mol. The first-order valence-electron chi connectivity index (χ1n) is 4.62. The molecule has 0 atom stereocenters. The molecule has 7 heteroatoms. The van der Waals surface area contributed by atoms with E-state index in [1.807, 2.05) is 0 Å². The second kappa shape index (κ2) is 4.17. The number of benzene rings is 1. The Hall–Kier alpha value is -1.89. The topological polar surface area (TPSA) is 59.2 Å². The molecule has 1 aromatic carbocycles. The van der Waals surface area contributed by atoms with E-state index in [1.54, 1.807) is 0 Å². The fraction of sp³-hybridized carbons (Fsp3) is 0.200. The second-order valence-corrected chi connectivity index (χ2v) is 3.25. The van der Waals surface area contributed by atoms with Crippen LogP contribution < -0.4 is 0 Å². The van der Waals surface area contributed by atoms with Gasteiger partial charge in [-0.05, 0) is 12.1 Å². The number of rotatable bonds is 2. The van der Waals surface area contributed by atoms with E-state index >= 15 is 0 Å². The number of hydrogen-bond donors (Lipinski definition) is 1. The van der Waals surface area contributed by atoms with Crippen molar-refractivity contribution in [2.75, 3.05) is 0 Å². The van der Waals surface area contributed by atoms with Gasteiger partial charge in [-0.2, -0.15) is 18.2 Å². The van der Waals surface area contributed by atoms with Gasteiger partial charge in [-0.1, -0.05) is 17.3 Å². The van der Waals surface area contributed by atoms with Gasteiger partial charge in [0.05, 0.1) is 5.56 Å². The summed E-state index contributed by atoms with van der Waals surface area (Å²) in [6.07, 6.45) is -4.42. The number of alkyl halides is 3. The Bertz CT molecular complexity index is 522. The summed E-state index contributed by atoms with van der Waals surface area (Å²) in [6, 6.07) is 4.57. The molecule has 0 aliphatic heterocycles. The highest BCUT2D eigenvalue weighted by Crippen LogP contribution is 2.31. The number of nitrogens with zero attached hydrogens (tertiary/aromatic N) is 2. The van der Waals surface area contributed by atoms with Crippen molar-refractivity contribution >= 4 is 0 Å². The van der Waals surface area contributed by atoms with Crippen LogP contribution in [0.5, 0.6) is 0 Å². The van der Waals surface area contributed by atoms with Gasteiger partial charge in [-0.3, -0.25) is 0 Å². The molecule has 0 aliphatic carbocycles. The molecule has 90 valence electrons. The Morgan fingerprint density at radius 2 is 2.06 bits per heavy atom. The molecule has 4 nitrogen and oxygen atoms in total. The molecule has 0 spiro atoms. The van der Waals surface area contributed by atoms with Crippen LogP contribution in [0.25, 0.3) is 11.4 Å². The Kier molecular flexibility index (Phi) is 2.84. The van der Waals surface area contributed by atoms with Gasteiger partial charge in [-0.15, -0.1) is 0 Å². The highest BCUT2D eigenvalue weighted by atomic mass is 19.4. The van der Waals surface area contributed by atoms with E-state index in [0.29, 0.717) is 0 Å². The van der Waals surface area contributed by atoms with Gasteiger partial charge in [0.25, 0.3) is 5.89 Å². The van der Waals surface area contributed by atoms with E-state index in [4.69, 9.17) is 5.11 Å². The summed E-state index contributed by atoms with van der Waals surface area (Å²) in [5.41, 5.74) is -0.603. The summed E-state index contributed by atoms with van der Waals surface area (Å²) in [5.74, 6) is -0.0300. The molecule has 2 rings (SSSR count). The van der Waals surface area contributed by atoms with Crippen molar-refractivity contribution in [3.05, 3.63) is 35.7 Å². The van der Waals surface area contributed by atoms with Crippen LogP contribution in [0.4, 0.5) is 13.2 Å². The fourth-order valence-corrected chi connectivity index (χ4v) is 1.27. The van der Waals surface area contributed by atoms with Crippen LogP contribution in [0.2, 0.25) is 0 Å². The maximum atomic E-state index is 12.5. The summed E-state index contributed by atoms with van der Waals surface area (Å²) in [6.45, 7) is -0.452. The molecule has 1 heterocycles. The van der Waals surface area contributed by atoms with E-state index in [0.717, 1.165) is 12.1 Å². The normalized spacial score (nSPS) is 11.8. The third kappa shape index (κ3) is 2.44. The van der Waals surface area contributed by atoms with Crippen LogP contribution in [0, 0.1) is 0 Å². The zero-order chi connectivity index (χ0) is 12.5. The monoisotopic (exact) mass is 244 g/mol. The molecule has 0 aliphatic rings. The van der Waals surface area contributed by atoms with Crippen LogP contribution in [0.1, 0.15) is 11.5 Å². The first kappa shape index (κ1) is 11.6. The lowest BCUT2D eigenvalue weighted by atomic mass is 10.1. The quantitative estimate of drug-likeness (QED) is 0.880. The minimum atomic E-state index is -4.42. The maximum Gasteiger partial charge on any atom is 0.416 e. The first-order chi connectivity index (χ1) is 8.00. The minimum absolute atomic E-state index is 0.0140. The SMILES string of the molecule is OCc1nc(-c2cccc(C(F)(F)F)c2)no1. The van der Waals surface area contributed by atoms with E-state index in [9.17, 15) is 13.2 Å². The summed E-state index contributed by atoms with van der Waals surface area (Å²) in [4.78, 5) is 3.73. The number of halogens is 3. The molecule has 0 fully saturated rings. The van der Waals surface area contributed by atoms with E-state index in [-0.39, 0.29) is 17.3 Å². The number of aliphatic hydroxyl groups excluding tert-OH is 1. The molecule has 0 radical (unpaired) electrons. The van der Waals surface area contributed by atoms with Crippen molar-refractivity contribution in [3.63, 3.8) is 0 Å². The minimum Gasteiger partial charge on any atom is -0.387 e. The Labute approximate surface area is 93.7 Å². The zero-order valence-corrected chi connectivity index (χ0v) is 8.40. The lowest BCUT2D eigenvalue weighted by molar-refractivity contribution is -0.137. The van der Waals surface area contributed by atoms with E-state index < -0.39 is 18.3 Å². The van der Waals surface area contributed by atoms with Gasteiger partial charge < -0.3 is 9.63 Å². The van der Waals surface area contributed by atoms with Crippen molar-refractivity contribution in [1.82, 2.24) is 10.1 Å². The van der Waals surface area contributed by atoms with Crippen LogP contribution >= 0.6 is 0 Å². The van der Waals surface area contributed by atoms with Crippen LogP contribution in [0.3, 0.4) is 0 Å². The molecule has 0 unspecified atom stereocenters. The number of hydrogen-bond acceptors (Lipinski definition) is 4. The molecule has 0 saturated heterocycles. The third-order valence-corrected chi connectivity index (χ3v) is 2.05. The Morgan fingerprint density at radius 3 is 2.65 bits per heavy atom. The fourth-order valence-electron chi connectivity index (χ4n) is 1.27. The van der Waals surface area contributed by atoms with Crippen molar-refractivity contribution in [1.29, 1.82) is 0 Å². The smallest absolute Gasteiger partial charge is 0.387 e. The molecule has 1 N–H and O–H groups in total. The van der Waals surface area contributed by atoms with Crippen LogP contribution in [0.15, 0.2) is 28.8 Å². The van der Waals surface area contributed by atoms with Gasteiger partial charge in [-0.25, -0.2) is 0 Å². The first-order valence-corrected chi connectivity index (χ1v) is 4.62. The number of aromatic nitrogens is 2. The molecule has 0 amide bonds.